The van der Waals surface area contributed by atoms with Gasteiger partial charge in [0.25, 0.3) is 0 Å². The second-order valence-electron chi connectivity index (χ2n) is 6.75. The first kappa shape index (κ1) is 18.0. The summed E-state index contributed by atoms with van der Waals surface area (Å²) in [5.74, 6) is -1.25. The molecule has 8 heteroatoms. The smallest absolute Gasteiger partial charge is 0.248 e. The highest BCUT2D eigenvalue weighted by Gasteiger charge is 2.42. The molecule has 0 spiro atoms. The predicted molar refractivity (Wildman–Crippen MR) is 99.3 cm³/mol. The number of nitrogens with one attached hydrogen (secondary N) is 1. The lowest BCUT2D eigenvalue weighted by molar-refractivity contribution is 0.100. The first-order valence-corrected chi connectivity index (χ1v) is 8.79. The van der Waals surface area contributed by atoms with Crippen LogP contribution >= 0.6 is 0 Å². The minimum Gasteiger partial charge on any atom is -0.366 e. The Morgan fingerprint density at radius 2 is 1.82 bits per heavy atom. The number of pyridine rings is 1. The average Bonchev–Trinajstić information content (AvgIpc) is 2.66. The van der Waals surface area contributed by atoms with E-state index in [2.05, 4.69) is 20.3 Å². The average molecular weight is 381 g/mol. The Morgan fingerprint density at radius 3 is 2.43 bits per heavy atom. The maximum absolute atomic E-state index is 14.2. The highest BCUT2D eigenvalue weighted by molar-refractivity contribution is 5.94. The molecule has 1 aromatic carbocycles. The molecule has 0 radical (unpaired) electrons. The van der Waals surface area contributed by atoms with Gasteiger partial charge in [0.05, 0.1) is 5.54 Å². The van der Waals surface area contributed by atoms with E-state index in [4.69, 9.17) is 5.73 Å². The van der Waals surface area contributed by atoms with Crippen LogP contribution < -0.4 is 11.1 Å². The number of anilines is 1. The molecule has 3 aromatic rings. The van der Waals surface area contributed by atoms with Crippen LogP contribution in [0.15, 0.2) is 48.9 Å². The van der Waals surface area contributed by atoms with Crippen LogP contribution in [0.25, 0.3) is 11.1 Å². The molecule has 142 valence electrons. The summed E-state index contributed by atoms with van der Waals surface area (Å²) in [6, 6.07) is 6.78. The number of rotatable bonds is 5. The quantitative estimate of drug-likeness (QED) is 0.706. The van der Waals surface area contributed by atoms with Gasteiger partial charge in [0.15, 0.2) is 0 Å². The van der Waals surface area contributed by atoms with Crippen LogP contribution in [0.3, 0.4) is 0 Å². The minimum atomic E-state index is -0.649. The van der Waals surface area contributed by atoms with E-state index in [-0.39, 0.29) is 16.9 Å². The minimum absolute atomic E-state index is 0.178. The van der Waals surface area contributed by atoms with Crippen LogP contribution in [-0.4, -0.2) is 20.9 Å². The Balaban J connectivity index is 1.62. The highest BCUT2D eigenvalue weighted by Crippen LogP contribution is 2.43. The van der Waals surface area contributed by atoms with Gasteiger partial charge >= 0.3 is 0 Å². The number of aromatic nitrogens is 3. The number of primary amides is 1. The van der Waals surface area contributed by atoms with Crippen molar-refractivity contribution in [1.82, 2.24) is 15.0 Å². The zero-order valence-electron chi connectivity index (χ0n) is 14.8. The number of halogens is 2. The fourth-order valence-corrected chi connectivity index (χ4v) is 3.33. The van der Waals surface area contributed by atoms with Gasteiger partial charge in [-0.1, -0.05) is 0 Å². The van der Waals surface area contributed by atoms with E-state index in [9.17, 15) is 13.6 Å². The fourth-order valence-electron chi connectivity index (χ4n) is 3.33. The van der Waals surface area contributed by atoms with Crippen LogP contribution in [0.2, 0.25) is 0 Å². The molecular weight excluding hydrogens is 364 g/mol. The number of carbonyl (C=O) groups is 1. The van der Waals surface area contributed by atoms with E-state index in [1.807, 2.05) is 0 Å². The summed E-state index contributed by atoms with van der Waals surface area (Å²) in [6.45, 7) is 0. The standard InChI is InChI=1S/C20H17F2N5O/c21-15-5-4-12(18(23)28)9-14(15)13-10-25-19(26-11-13)27-20(6-2-7-20)17-16(22)3-1-8-24-17/h1,3-5,8-11H,2,6-7H2,(H2,23,28)(H,25,26,27). The van der Waals surface area contributed by atoms with Crippen molar-refractivity contribution in [3.05, 3.63) is 71.8 Å². The number of hydrogen-bond acceptors (Lipinski definition) is 5. The van der Waals surface area contributed by atoms with E-state index >= 15 is 0 Å². The van der Waals surface area contributed by atoms with Gasteiger partial charge in [-0.2, -0.15) is 0 Å². The van der Waals surface area contributed by atoms with Crippen molar-refractivity contribution in [2.45, 2.75) is 24.8 Å². The van der Waals surface area contributed by atoms with Crippen molar-refractivity contribution in [2.75, 3.05) is 5.32 Å². The van der Waals surface area contributed by atoms with E-state index in [1.54, 1.807) is 12.3 Å². The lowest BCUT2D eigenvalue weighted by atomic mass is 9.74. The van der Waals surface area contributed by atoms with Gasteiger partial charge in [0, 0.05) is 35.3 Å². The third-order valence-corrected chi connectivity index (χ3v) is 4.98. The molecule has 2 heterocycles. The highest BCUT2D eigenvalue weighted by atomic mass is 19.1. The van der Waals surface area contributed by atoms with Crippen LogP contribution in [-0.2, 0) is 5.54 Å². The molecule has 1 fully saturated rings. The summed E-state index contributed by atoms with van der Waals surface area (Å²) in [5.41, 5.74) is 5.72. The lowest BCUT2D eigenvalue weighted by Crippen LogP contribution is -2.44. The number of amides is 1. The number of nitrogens with two attached hydrogens (primary N) is 1. The fraction of sp³-hybridized carbons (Fsp3) is 0.200. The van der Waals surface area contributed by atoms with Gasteiger partial charge in [-0.25, -0.2) is 18.7 Å². The molecule has 0 aliphatic heterocycles. The van der Waals surface area contributed by atoms with Crippen molar-refractivity contribution in [3.63, 3.8) is 0 Å². The van der Waals surface area contributed by atoms with Crippen LogP contribution in [0.4, 0.5) is 14.7 Å². The van der Waals surface area contributed by atoms with Crippen molar-refractivity contribution in [1.29, 1.82) is 0 Å². The lowest BCUT2D eigenvalue weighted by Gasteiger charge is -2.42. The number of nitrogens with zero attached hydrogens (tertiary/aromatic N) is 3. The Bertz CT molecular complexity index is 1040. The van der Waals surface area contributed by atoms with Crippen molar-refractivity contribution >= 4 is 11.9 Å². The number of benzene rings is 1. The first-order chi connectivity index (χ1) is 13.5. The van der Waals surface area contributed by atoms with Gasteiger partial charge in [-0.15, -0.1) is 0 Å². The summed E-state index contributed by atoms with van der Waals surface area (Å²) in [6.07, 6.45) is 6.80. The van der Waals surface area contributed by atoms with Crippen molar-refractivity contribution in [3.8, 4) is 11.1 Å². The molecule has 0 saturated heterocycles. The topological polar surface area (TPSA) is 93.8 Å². The van der Waals surface area contributed by atoms with Crippen LogP contribution in [0.5, 0.6) is 0 Å². The predicted octanol–water partition coefficient (Wildman–Crippen LogP) is 3.41. The summed E-state index contributed by atoms with van der Waals surface area (Å²) in [4.78, 5) is 24.0. The summed E-state index contributed by atoms with van der Waals surface area (Å²) >= 11 is 0. The molecule has 4 rings (SSSR count). The molecule has 0 bridgehead atoms. The molecule has 1 aliphatic rings. The largest absolute Gasteiger partial charge is 0.366 e. The van der Waals surface area contributed by atoms with Crippen molar-refractivity contribution < 1.29 is 13.6 Å². The molecule has 1 saturated carbocycles. The number of carbonyl (C=O) groups excluding carboxylic acids is 1. The van der Waals surface area contributed by atoms with Gasteiger partial charge in [0.2, 0.25) is 11.9 Å². The third kappa shape index (κ3) is 3.17. The molecule has 28 heavy (non-hydrogen) atoms. The van der Waals surface area contributed by atoms with E-state index in [1.165, 1.54) is 36.7 Å². The zero-order valence-corrected chi connectivity index (χ0v) is 14.8. The van der Waals surface area contributed by atoms with Gasteiger partial charge < -0.3 is 11.1 Å². The SMILES string of the molecule is NC(=O)c1ccc(F)c(-c2cnc(NC3(c4ncccc4F)CCC3)nc2)c1. The van der Waals surface area contributed by atoms with Gasteiger partial charge in [0.1, 0.15) is 17.3 Å². The summed E-state index contributed by atoms with van der Waals surface area (Å²) in [7, 11) is 0. The molecular formula is C20H17F2N5O. The Labute approximate surface area is 159 Å². The first-order valence-electron chi connectivity index (χ1n) is 8.79. The zero-order chi connectivity index (χ0) is 19.7. The summed E-state index contributed by atoms with van der Waals surface area (Å²) < 4.78 is 28.4. The Kier molecular flexibility index (Phi) is 4.46. The van der Waals surface area contributed by atoms with Crippen molar-refractivity contribution in [2.24, 2.45) is 5.73 Å². The Morgan fingerprint density at radius 1 is 1.07 bits per heavy atom. The number of hydrogen-bond donors (Lipinski definition) is 2. The monoisotopic (exact) mass is 381 g/mol. The molecule has 3 N–H and O–H groups in total. The van der Waals surface area contributed by atoms with E-state index in [0.717, 1.165) is 6.42 Å². The maximum atomic E-state index is 14.2. The second kappa shape index (κ2) is 6.95. The molecule has 0 atom stereocenters. The van der Waals surface area contributed by atoms with E-state index in [0.29, 0.717) is 30.0 Å². The maximum Gasteiger partial charge on any atom is 0.248 e. The Hall–Kier alpha value is -3.42. The normalized spacial score (nSPS) is 14.9. The van der Waals surface area contributed by atoms with Crippen LogP contribution in [0, 0.1) is 11.6 Å². The third-order valence-electron chi connectivity index (χ3n) is 4.98. The van der Waals surface area contributed by atoms with Crippen LogP contribution in [0.1, 0.15) is 35.3 Å². The van der Waals surface area contributed by atoms with E-state index < -0.39 is 17.3 Å². The van der Waals surface area contributed by atoms with Gasteiger partial charge in [-0.3, -0.25) is 9.78 Å². The summed E-state index contributed by atoms with van der Waals surface area (Å²) in [5, 5.41) is 3.18. The van der Waals surface area contributed by atoms with Gasteiger partial charge in [-0.05, 0) is 49.6 Å². The molecule has 6 nitrogen and oxygen atoms in total. The second-order valence-corrected chi connectivity index (χ2v) is 6.75. The molecule has 2 aromatic heterocycles. The molecule has 1 aliphatic carbocycles. The molecule has 1 amide bonds. The molecule has 0 unspecified atom stereocenters.